The van der Waals surface area contributed by atoms with Crippen LogP contribution in [0.1, 0.15) is 19.8 Å². The molecule has 2 aromatic heterocycles. The van der Waals surface area contributed by atoms with E-state index in [0.29, 0.717) is 6.04 Å². The molecule has 19 heavy (non-hydrogen) atoms. The highest BCUT2D eigenvalue weighted by molar-refractivity contribution is 7.13. The lowest BCUT2D eigenvalue weighted by Crippen LogP contribution is -2.50. The Kier molecular flexibility index (Phi) is 3.43. The van der Waals surface area contributed by atoms with Crippen molar-refractivity contribution in [3.8, 4) is 10.7 Å². The van der Waals surface area contributed by atoms with Crippen molar-refractivity contribution in [2.75, 3.05) is 6.61 Å². The average molecular weight is 277 g/mol. The third kappa shape index (κ3) is 2.88. The number of aliphatic hydroxyl groups is 1. The standard InChI is InChI=1S/C14H19N3OS/c1-14(10-18,16-11-4-5-11)9-17-7-6-15-13(17)12-3-2-8-19-12/h2-3,6-8,11,16,18H,4-5,9-10H2,1H3. The number of imidazole rings is 1. The Labute approximate surface area is 117 Å². The maximum Gasteiger partial charge on any atom is 0.150 e. The molecule has 2 heterocycles. The Hall–Kier alpha value is -1.17. The first kappa shape index (κ1) is 12.8. The Balaban J connectivity index is 1.80. The van der Waals surface area contributed by atoms with E-state index in [1.807, 2.05) is 18.5 Å². The van der Waals surface area contributed by atoms with E-state index in [4.69, 9.17) is 0 Å². The quantitative estimate of drug-likeness (QED) is 0.850. The fourth-order valence-electron chi connectivity index (χ4n) is 2.31. The summed E-state index contributed by atoms with van der Waals surface area (Å²) in [5.74, 6) is 0.979. The van der Waals surface area contributed by atoms with E-state index in [1.165, 1.54) is 12.8 Å². The molecule has 0 spiro atoms. The van der Waals surface area contributed by atoms with Gasteiger partial charge in [-0.05, 0) is 31.2 Å². The largest absolute Gasteiger partial charge is 0.394 e. The van der Waals surface area contributed by atoms with E-state index in [1.54, 1.807) is 11.3 Å². The van der Waals surface area contributed by atoms with Gasteiger partial charge in [-0.25, -0.2) is 4.98 Å². The first-order valence-electron chi connectivity index (χ1n) is 6.64. The van der Waals surface area contributed by atoms with Gasteiger partial charge in [0.2, 0.25) is 0 Å². The third-order valence-electron chi connectivity index (χ3n) is 3.46. The van der Waals surface area contributed by atoms with Gasteiger partial charge in [0, 0.05) is 25.0 Å². The van der Waals surface area contributed by atoms with Crippen molar-refractivity contribution in [1.29, 1.82) is 0 Å². The Morgan fingerprint density at radius 1 is 1.58 bits per heavy atom. The summed E-state index contributed by atoms with van der Waals surface area (Å²) in [6, 6.07) is 4.69. The molecule has 4 nitrogen and oxygen atoms in total. The van der Waals surface area contributed by atoms with E-state index in [0.717, 1.165) is 17.2 Å². The lowest BCUT2D eigenvalue weighted by molar-refractivity contribution is 0.156. The second kappa shape index (κ2) is 5.07. The fourth-order valence-corrected chi connectivity index (χ4v) is 3.04. The molecule has 102 valence electrons. The summed E-state index contributed by atoms with van der Waals surface area (Å²) in [5.41, 5.74) is -0.284. The van der Waals surface area contributed by atoms with Crippen LogP contribution in [0.4, 0.5) is 0 Å². The van der Waals surface area contributed by atoms with Gasteiger partial charge in [-0.1, -0.05) is 6.07 Å². The maximum absolute atomic E-state index is 9.69. The van der Waals surface area contributed by atoms with Crippen LogP contribution in [0.25, 0.3) is 10.7 Å². The van der Waals surface area contributed by atoms with Gasteiger partial charge in [0.25, 0.3) is 0 Å². The number of hydrogen-bond acceptors (Lipinski definition) is 4. The normalized spacial score (nSPS) is 18.4. The molecule has 1 atom stereocenters. The number of aliphatic hydroxyl groups excluding tert-OH is 1. The third-order valence-corrected chi connectivity index (χ3v) is 4.32. The average Bonchev–Trinajstić information content (AvgIpc) is 2.90. The summed E-state index contributed by atoms with van der Waals surface area (Å²) in [4.78, 5) is 5.60. The van der Waals surface area contributed by atoms with Crippen molar-refractivity contribution in [2.45, 2.75) is 37.9 Å². The highest BCUT2D eigenvalue weighted by atomic mass is 32.1. The summed E-state index contributed by atoms with van der Waals surface area (Å²) in [6.45, 7) is 2.93. The van der Waals surface area contributed by atoms with Crippen molar-refractivity contribution in [1.82, 2.24) is 14.9 Å². The molecule has 5 heteroatoms. The minimum absolute atomic E-state index is 0.131. The molecule has 0 aliphatic heterocycles. The zero-order valence-electron chi connectivity index (χ0n) is 11.0. The van der Waals surface area contributed by atoms with Gasteiger partial charge in [-0.3, -0.25) is 0 Å². The van der Waals surface area contributed by atoms with Crippen molar-refractivity contribution in [3.05, 3.63) is 29.9 Å². The summed E-state index contributed by atoms with van der Waals surface area (Å²) in [6.07, 6.45) is 6.25. The molecule has 0 bridgehead atoms. The van der Waals surface area contributed by atoms with Gasteiger partial charge in [0.1, 0.15) is 5.82 Å². The van der Waals surface area contributed by atoms with Crippen LogP contribution in [0.3, 0.4) is 0 Å². The molecule has 2 N–H and O–H groups in total. The van der Waals surface area contributed by atoms with Crippen LogP contribution >= 0.6 is 11.3 Å². The molecular weight excluding hydrogens is 258 g/mol. The SMILES string of the molecule is CC(CO)(Cn1ccnc1-c1cccs1)NC1CC1. The van der Waals surface area contributed by atoms with E-state index in [9.17, 15) is 5.11 Å². The molecule has 0 radical (unpaired) electrons. The summed E-state index contributed by atoms with van der Waals surface area (Å²) < 4.78 is 2.12. The summed E-state index contributed by atoms with van der Waals surface area (Å²) in [5, 5.41) is 15.3. The number of nitrogens with zero attached hydrogens (tertiary/aromatic N) is 2. The van der Waals surface area contributed by atoms with E-state index in [2.05, 4.69) is 33.2 Å². The van der Waals surface area contributed by atoms with Crippen LogP contribution < -0.4 is 5.32 Å². The second-order valence-corrected chi connectivity index (χ2v) is 6.44. The van der Waals surface area contributed by atoms with E-state index in [-0.39, 0.29) is 12.1 Å². The van der Waals surface area contributed by atoms with Gasteiger partial charge in [0.15, 0.2) is 0 Å². The summed E-state index contributed by atoms with van der Waals surface area (Å²) in [7, 11) is 0. The zero-order valence-corrected chi connectivity index (χ0v) is 11.9. The summed E-state index contributed by atoms with van der Waals surface area (Å²) >= 11 is 1.69. The minimum Gasteiger partial charge on any atom is -0.394 e. The van der Waals surface area contributed by atoms with Gasteiger partial charge in [-0.2, -0.15) is 0 Å². The van der Waals surface area contributed by atoms with Crippen molar-refractivity contribution in [3.63, 3.8) is 0 Å². The predicted octanol–water partition coefficient (Wildman–Crippen LogP) is 2.11. The topological polar surface area (TPSA) is 50.1 Å². The highest BCUT2D eigenvalue weighted by Crippen LogP contribution is 2.26. The van der Waals surface area contributed by atoms with Crippen molar-refractivity contribution >= 4 is 11.3 Å². The van der Waals surface area contributed by atoms with Gasteiger partial charge in [0.05, 0.1) is 17.0 Å². The Bertz CT molecular complexity index is 533. The predicted molar refractivity (Wildman–Crippen MR) is 77.2 cm³/mol. The molecule has 1 unspecified atom stereocenters. The smallest absolute Gasteiger partial charge is 0.150 e. The second-order valence-electron chi connectivity index (χ2n) is 5.49. The number of nitrogens with one attached hydrogen (secondary N) is 1. The van der Waals surface area contributed by atoms with Crippen molar-refractivity contribution < 1.29 is 5.11 Å². The molecule has 0 saturated heterocycles. The first-order valence-corrected chi connectivity index (χ1v) is 7.52. The van der Waals surface area contributed by atoms with Gasteiger partial charge < -0.3 is 15.0 Å². The molecule has 0 amide bonds. The van der Waals surface area contributed by atoms with Gasteiger partial charge >= 0.3 is 0 Å². The molecule has 2 aromatic rings. The van der Waals surface area contributed by atoms with E-state index >= 15 is 0 Å². The lowest BCUT2D eigenvalue weighted by Gasteiger charge is -2.30. The number of thiophene rings is 1. The van der Waals surface area contributed by atoms with Crippen LogP contribution in [0, 0.1) is 0 Å². The van der Waals surface area contributed by atoms with Gasteiger partial charge in [-0.15, -0.1) is 11.3 Å². The Morgan fingerprint density at radius 3 is 3.05 bits per heavy atom. The zero-order chi connectivity index (χ0) is 13.3. The van der Waals surface area contributed by atoms with Crippen LogP contribution in [-0.4, -0.2) is 32.8 Å². The molecular formula is C14H19N3OS. The molecule has 1 fully saturated rings. The molecule has 1 aliphatic rings. The van der Waals surface area contributed by atoms with Crippen LogP contribution in [0.15, 0.2) is 29.9 Å². The molecule has 0 aromatic carbocycles. The van der Waals surface area contributed by atoms with Crippen LogP contribution in [-0.2, 0) is 6.54 Å². The molecule has 3 rings (SSSR count). The maximum atomic E-state index is 9.69. The number of hydrogen-bond donors (Lipinski definition) is 2. The Morgan fingerprint density at radius 2 is 2.42 bits per heavy atom. The fraction of sp³-hybridized carbons (Fsp3) is 0.500. The monoisotopic (exact) mass is 277 g/mol. The first-order chi connectivity index (χ1) is 9.20. The van der Waals surface area contributed by atoms with E-state index < -0.39 is 0 Å². The highest BCUT2D eigenvalue weighted by Gasteiger charge is 2.32. The lowest BCUT2D eigenvalue weighted by atomic mass is 10.0. The minimum atomic E-state index is -0.284. The molecule has 1 saturated carbocycles. The van der Waals surface area contributed by atoms with Crippen LogP contribution in [0.2, 0.25) is 0 Å². The number of aromatic nitrogens is 2. The molecule has 1 aliphatic carbocycles. The van der Waals surface area contributed by atoms with Crippen LogP contribution in [0.5, 0.6) is 0 Å². The number of rotatable bonds is 6. The van der Waals surface area contributed by atoms with Crippen molar-refractivity contribution in [2.24, 2.45) is 0 Å².